The number of hydrogen-bond donors (Lipinski definition) is 1. The Kier molecular flexibility index (Phi) is 4.58. The van der Waals surface area contributed by atoms with Crippen LogP contribution in [0.15, 0.2) is 24.5 Å². The van der Waals surface area contributed by atoms with Crippen molar-refractivity contribution in [1.29, 1.82) is 0 Å². The van der Waals surface area contributed by atoms with E-state index < -0.39 is 0 Å². The Hall–Kier alpha value is -1.10. The maximum Gasteiger partial charge on any atom is 0.137 e. The standard InChI is InChI=1S/C13H18ClN3O/c1-10(9-18-2)5-15-6-12-8-17-7-11(14)3-4-13(17)16-12/h3-4,7-8,10,15H,5-6,9H2,1-2H3. The third-order valence-electron chi connectivity index (χ3n) is 2.71. The van der Waals surface area contributed by atoms with Crippen molar-refractivity contribution in [3.05, 3.63) is 35.2 Å². The van der Waals surface area contributed by atoms with Gasteiger partial charge in [-0.25, -0.2) is 4.98 Å². The molecule has 1 atom stereocenters. The molecular weight excluding hydrogens is 250 g/mol. The fraction of sp³-hybridized carbons (Fsp3) is 0.462. The molecule has 98 valence electrons. The van der Waals surface area contributed by atoms with Crippen LogP contribution < -0.4 is 5.32 Å². The van der Waals surface area contributed by atoms with Crippen molar-refractivity contribution in [3.8, 4) is 0 Å². The van der Waals surface area contributed by atoms with Crippen LogP contribution in [0.5, 0.6) is 0 Å². The van der Waals surface area contributed by atoms with E-state index in [4.69, 9.17) is 16.3 Å². The van der Waals surface area contributed by atoms with Crippen molar-refractivity contribution >= 4 is 17.2 Å². The highest BCUT2D eigenvalue weighted by Crippen LogP contribution is 2.11. The first-order chi connectivity index (χ1) is 8.69. The molecule has 0 bridgehead atoms. The molecule has 0 aliphatic rings. The fourth-order valence-electron chi connectivity index (χ4n) is 1.89. The van der Waals surface area contributed by atoms with Crippen LogP contribution in [-0.4, -0.2) is 29.6 Å². The number of methoxy groups -OCH3 is 1. The second-order valence-electron chi connectivity index (χ2n) is 4.54. The smallest absolute Gasteiger partial charge is 0.137 e. The van der Waals surface area contributed by atoms with Gasteiger partial charge < -0.3 is 14.5 Å². The van der Waals surface area contributed by atoms with E-state index in [1.54, 1.807) is 7.11 Å². The summed E-state index contributed by atoms with van der Waals surface area (Å²) in [4.78, 5) is 4.51. The zero-order chi connectivity index (χ0) is 13.0. The summed E-state index contributed by atoms with van der Waals surface area (Å²) in [6, 6.07) is 3.77. The van der Waals surface area contributed by atoms with Gasteiger partial charge >= 0.3 is 0 Å². The van der Waals surface area contributed by atoms with Gasteiger partial charge in [-0.3, -0.25) is 0 Å². The Morgan fingerprint density at radius 3 is 3.06 bits per heavy atom. The van der Waals surface area contributed by atoms with Gasteiger partial charge in [0.1, 0.15) is 5.65 Å². The summed E-state index contributed by atoms with van der Waals surface area (Å²) >= 11 is 5.93. The van der Waals surface area contributed by atoms with Crippen LogP contribution in [0, 0.1) is 5.92 Å². The minimum atomic E-state index is 0.501. The maximum absolute atomic E-state index is 5.93. The summed E-state index contributed by atoms with van der Waals surface area (Å²) < 4.78 is 7.04. The number of fused-ring (bicyclic) bond motifs is 1. The van der Waals surface area contributed by atoms with Gasteiger partial charge in [0.25, 0.3) is 0 Å². The van der Waals surface area contributed by atoms with E-state index in [0.29, 0.717) is 10.9 Å². The van der Waals surface area contributed by atoms with E-state index >= 15 is 0 Å². The molecule has 0 aliphatic carbocycles. The molecule has 0 radical (unpaired) electrons. The normalized spacial score (nSPS) is 13.1. The highest BCUT2D eigenvalue weighted by atomic mass is 35.5. The summed E-state index contributed by atoms with van der Waals surface area (Å²) in [6.07, 6.45) is 3.86. The van der Waals surface area contributed by atoms with Gasteiger partial charge in [-0.05, 0) is 18.1 Å². The number of rotatable bonds is 6. The number of ether oxygens (including phenoxy) is 1. The molecule has 0 saturated carbocycles. The van der Waals surface area contributed by atoms with Gasteiger partial charge in [-0.15, -0.1) is 0 Å². The van der Waals surface area contributed by atoms with Crippen molar-refractivity contribution in [2.24, 2.45) is 5.92 Å². The maximum atomic E-state index is 5.93. The molecule has 0 aromatic carbocycles. The Morgan fingerprint density at radius 1 is 1.44 bits per heavy atom. The summed E-state index contributed by atoms with van der Waals surface area (Å²) in [5, 5.41) is 4.09. The van der Waals surface area contributed by atoms with Gasteiger partial charge in [-0.1, -0.05) is 18.5 Å². The third kappa shape index (κ3) is 3.45. The van der Waals surface area contributed by atoms with Crippen LogP contribution in [0.25, 0.3) is 5.65 Å². The number of imidazole rings is 1. The van der Waals surface area contributed by atoms with Gasteiger partial charge in [-0.2, -0.15) is 0 Å². The van der Waals surface area contributed by atoms with Crippen LogP contribution in [0.4, 0.5) is 0 Å². The summed E-state index contributed by atoms with van der Waals surface area (Å²) in [5.74, 6) is 0.501. The van der Waals surface area contributed by atoms with E-state index in [2.05, 4.69) is 17.2 Å². The predicted molar refractivity (Wildman–Crippen MR) is 72.9 cm³/mol. The lowest BCUT2D eigenvalue weighted by Crippen LogP contribution is -2.23. The van der Waals surface area contributed by atoms with Crippen molar-refractivity contribution in [2.75, 3.05) is 20.3 Å². The van der Waals surface area contributed by atoms with Crippen LogP contribution in [0.3, 0.4) is 0 Å². The monoisotopic (exact) mass is 267 g/mol. The second-order valence-corrected chi connectivity index (χ2v) is 4.97. The van der Waals surface area contributed by atoms with Crippen LogP contribution in [0.2, 0.25) is 5.02 Å². The average Bonchev–Trinajstić information content (AvgIpc) is 2.71. The highest BCUT2D eigenvalue weighted by molar-refractivity contribution is 6.30. The van der Waals surface area contributed by atoms with E-state index in [0.717, 1.165) is 31.0 Å². The molecule has 2 aromatic heterocycles. The zero-order valence-corrected chi connectivity index (χ0v) is 11.4. The van der Waals surface area contributed by atoms with Crippen molar-refractivity contribution in [3.63, 3.8) is 0 Å². The number of hydrogen-bond acceptors (Lipinski definition) is 3. The first-order valence-electron chi connectivity index (χ1n) is 6.02. The molecule has 0 saturated heterocycles. The first-order valence-corrected chi connectivity index (χ1v) is 6.39. The number of nitrogens with zero attached hydrogens (tertiary/aromatic N) is 2. The van der Waals surface area contributed by atoms with E-state index in [1.165, 1.54) is 0 Å². The van der Waals surface area contributed by atoms with Gasteiger partial charge in [0.2, 0.25) is 0 Å². The average molecular weight is 268 g/mol. The summed E-state index contributed by atoms with van der Waals surface area (Å²) in [5.41, 5.74) is 1.93. The molecule has 0 aliphatic heterocycles. The van der Waals surface area contributed by atoms with Crippen LogP contribution in [0.1, 0.15) is 12.6 Å². The molecule has 1 N–H and O–H groups in total. The molecule has 0 amide bonds. The van der Waals surface area contributed by atoms with Crippen molar-refractivity contribution < 1.29 is 4.74 Å². The van der Waals surface area contributed by atoms with Gasteiger partial charge in [0.15, 0.2) is 0 Å². The summed E-state index contributed by atoms with van der Waals surface area (Å²) in [6.45, 7) is 4.60. The van der Waals surface area contributed by atoms with Gasteiger partial charge in [0, 0.05) is 39.2 Å². The number of aromatic nitrogens is 2. The zero-order valence-electron chi connectivity index (χ0n) is 10.7. The molecule has 4 nitrogen and oxygen atoms in total. The second kappa shape index (κ2) is 6.18. The molecule has 2 heterocycles. The fourth-order valence-corrected chi connectivity index (χ4v) is 2.06. The molecule has 1 unspecified atom stereocenters. The Bertz CT molecular complexity index is 512. The van der Waals surface area contributed by atoms with Crippen molar-refractivity contribution in [1.82, 2.24) is 14.7 Å². The quantitative estimate of drug-likeness (QED) is 0.873. The number of pyridine rings is 1. The lowest BCUT2D eigenvalue weighted by Gasteiger charge is -2.10. The Labute approximate surface area is 112 Å². The minimum absolute atomic E-state index is 0.501. The molecule has 2 rings (SSSR count). The Balaban J connectivity index is 1.92. The number of nitrogens with one attached hydrogen (secondary N) is 1. The molecule has 2 aromatic rings. The molecule has 18 heavy (non-hydrogen) atoms. The Morgan fingerprint density at radius 2 is 2.28 bits per heavy atom. The third-order valence-corrected chi connectivity index (χ3v) is 2.94. The van der Waals surface area contributed by atoms with E-state index in [-0.39, 0.29) is 0 Å². The number of halogens is 1. The lowest BCUT2D eigenvalue weighted by molar-refractivity contribution is 0.158. The van der Waals surface area contributed by atoms with E-state index in [1.807, 2.05) is 28.9 Å². The molecule has 0 spiro atoms. The highest BCUT2D eigenvalue weighted by Gasteiger charge is 2.04. The molecule has 0 fully saturated rings. The van der Waals surface area contributed by atoms with Crippen molar-refractivity contribution in [2.45, 2.75) is 13.5 Å². The predicted octanol–water partition coefficient (Wildman–Crippen LogP) is 2.36. The first kappa shape index (κ1) is 13.3. The molecular formula is C13H18ClN3O. The largest absolute Gasteiger partial charge is 0.384 e. The summed E-state index contributed by atoms with van der Waals surface area (Å²) in [7, 11) is 1.72. The topological polar surface area (TPSA) is 38.6 Å². The van der Waals surface area contributed by atoms with Crippen LogP contribution >= 0.6 is 11.6 Å². The van der Waals surface area contributed by atoms with E-state index in [9.17, 15) is 0 Å². The minimum Gasteiger partial charge on any atom is -0.384 e. The van der Waals surface area contributed by atoms with Gasteiger partial charge in [0.05, 0.1) is 10.7 Å². The van der Waals surface area contributed by atoms with Crippen LogP contribution in [-0.2, 0) is 11.3 Å². The SMILES string of the molecule is COCC(C)CNCc1cn2cc(Cl)ccc2n1. The lowest BCUT2D eigenvalue weighted by atomic mass is 10.2. The molecule has 5 heteroatoms.